The monoisotopic (exact) mass is 203 g/mol. The van der Waals surface area contributed by atoms with Crippen LogP contribution in [0.1, 0.15) is 12.8 Å². The number of aliphatic carboxylic acids is 1. The van der Waals surface area contributed by atoms with Gasteiger partial charge in [-0.3, -0.25) is 10.1 Å². The number of ether oxygens (including phenoxy) is 1. The van der Waals surface area contributed by atoms with Crippen molar-refractivity contribution >= 4 is 17.7 Å². The SMILES string of the molecule is O=C(O)C1CSC2(CCCOC2)N1. The largest absolute Gasteiger partial charge is 0.480 e. The molecule has 0 aromatic rings. The summed E-state index contributed by atoms with van der Waals surface area (Å²) in [5.74, 6) is -0.103. The van der Waals surface area contributed by atoms with E-state index in [9.17, 15) is 4.79 Å². The van der Waals surface area contributed by atoms with Crippen molar-refractivity contribution in [2.45, 2.75) is 23.8 Å². The number of hydrogen-bond donors (Lipinski definition) is 2. The van der Waals surface area contributed by atoms with Crippen molar-refractivity contribution < 1.29 is 14.6 Å². The Morgan fingerprint density at radius 3 is 3.08 bits per heavy atom. The molecule has 2 unspecified atom stereocenters. The van der Waals surface area contributed by atoms with Gasteiger partial charge in [-0.2, -0.15) is 0 Å². The van der Waals surface area contributed by atoms with Crippen LogP contribution in [-0.4, -0.2) is 41.0 Å². The zero-order chi connectivity index (χ0) is 9.31. The molecule has 0 aliphatic carbocycles. The van der Waals surface area contributed by atoms with E-state index >= 15 is 0 Å². The molecular weight excluding hydrogens is 190 g/mol. The molecule has 2 atom stereocenters. The maximum Gasteiger partial charge on any atom is 0.321 e. The van der Waals surface area contributed by atoms with Crippen LogP contribution in [0.25, 0.3) is 0 Å². The maximum absolute atomic E-state index is 10.7. The van der Waals surface area contributed by atoms with Crippen LogP contribution in [0.5, 0.6) is 0 Å². The Kier molecular flexibility index (Phi) is 2.49. The topological polar surface area (TPSA) is 58.6 Å². The molecule has 1 spiro atoms. The van der Waals surface area contributed by atoms with Crippen molar-refractivity contribution in [2.75, 3.05) is 19.0 Å². The fourth-order valence-corrected chi connectivity index (χ4v) is 3.17. The summed E-state index contributed by atoms with van der Waals surface area (Å²) in [6.07, 6.45) is 2.04. The van der Waals surface area contributed by atoms with Gasteiger partial charge in [-0.15, -0.1) is 11.8 Å². The van der Waals surface area contributed by atoms with E-state index in [2.05, 4.69) is 5.32 Å². The molecule has 0 amide bonds. The Hall–Kier alpha value is -0.260. The van der Waals surface area contributed by atoms with Crippen LogP contribution in [0.2, 0.25) is 0 Å². The second-order valence-electron chi connectivity index (χ2n) is 3.50. The number of nitrogens with one attached hydrogen (secondary N) is 1. The molecule has 0 saturated carbocycles. The van der Waals surface area contributed by atoms with Crippen LogP contribution in [0.3, 0.4) is 0 Å². The molecule has 0 aromatic carbocycles. The number of carboxylic acids is 1. The minimum Gasteiger partial charge on any atom is -0.480 e. The van der Waals surface area contributed by atoms with Crippen molar-refractivity contribution in [1.82, 2.24) is 5.32 Å². The van der Waals surface area contributed by atoms with E-state index in [0.717, 1.165) is 19.4 Å². The van der Waals surface area contributed by atoms with Crippen molar-refractivity contribution in [2.24, 2.45) is 0 Å². The van der Waals surface area contributed by atoms with Gasteiger partial charge in [0.1, 0.15) is 6.04 Å². The Bertz CT molecular complexity index is 215. The highest BCUT2D eigenvalue weighted by atomic mass is 32.2. The van der Waals surface area contributed by atoms with Crippen LogP contribution in [0, 0.1) is 0 Å². The average molecular weight is 203 g/mol. The lowest BCUT2D eigenvalue weighted by molar-refractivity contribution is -0.139. The summed E-state index contributed by atoms with van der Waals surface area (Å²) in [7, 11) is 0. The molecule has 2 saturated heterocycles. The van der Waals surface area contributed by atoms with E-state index in [4.69, 9.17) is 9.84 Å². The number of rotatable bonds is 1. The lowest BCUT2D eigenvalue weighted by atomic mass is 10.1. The van der Waals surface area contributed by atoms with Gasteiger partial charge in [-0.1, -0.05) is 0 Å². The van der Waals surface area contributed by atoms with Crippen molar-refractivity contribution in [3.63, 3.8) is 0 Å². The zero-order valence-electron chi connectivity index (χ0n) is 7.28. The maximum atomic E-state index is 10.7. The molecule has 74 valence electrons. The molecule has 13 heavy (non-hydrogen) atoms. The molecule has 2 aliphatic rings. The van der Waals surface area contributed by atoms with Crippen molar-refractivity contribution in [1.29, 1.82) is 0 Å². The average Bonchev–Trinajstić information content (AvgIpc) is 2.51. The molecular formula is C8H13NO3S. The first kappa shape index (κ1) is 9.30. The van der Waals surface area contributed by atoms with E-state index < -0.39 is 12.0 Å². The minimum atomic E-state index is -0.755. The third kappa shape index (κ3) is 1.82. The van der Waals surface area contributed by atoms with Crippen LogP contribution in [0.4, 0.5) is 0 Å². The summed E-state index contributed by atoms with van der Waals surface area (Å²) in [5, 5.41) is 12.0. The summed E-state index contributed by atoms with van der Waals surface area (Å²) < 4.78 is 5.36. The molecule has 5 heteroatoms. The van der Waals surface area contributed by atoms with E-state index in [1.54, 1.807) is 11.8 Å². The molecule has 2 heterocycles. The van der Waals surface area contributed by atoms with E-state index in [1.807, 2.05) is 0 Å². The summed E-state index contributed by atoms with van der Waals surface area (Å²) in [6, 6.07) is -0.397. The highest BCUT2D eigenvalue weighted by Gasteiger charge is 2.43. The van der Waals surface area contributed by atoms with Crippen molar-refractivity contribution in [3.8, 4) is 0 Å². The molecule has 0 aromatic heterocycles. The number of carboxylic acid groups (broad SMARTS) is 1. The van der Waals surface area contributed by atoms with Gasteiger partial charge in [0.2, 0.25) is 0 Å². The number of hydrogen-bond acceptors (Lipinski definition) is 4. The van der Waals surface area contributed by atoms with Crippen molar-refractivity contribution in [3.05, 3.63) is 0 Å². The van der Waals surface area contributed by atoms with Gasteiger partial charge >= 0.3 is 5.97 Å². The summed E-state index contributed by atoms with van der Waals surface area (Å²) in [4.78, 5) is 10.6. The molecule has 2 fully saturated rings. The quantitative estimate of drug-likeness (QED) is 0.641. The van der Waals surface area contributed by atoms with Gasteiger partial charge in [0.05, 0.1) is 11.5 Å². The Labute approximate surface area is 81.0 Å². The van der Waals surface area contributed by atoms with Gasteiger partial charge in [0.25, 0.3) is 0 Å². The second-order valence-corrected chi connectivity index (χ2v) is 4.90. The second kappa shape index (κ2) is 3.48. The summed E-state index contributed by atoms with van der Waals surface area (Å²) >= 11 is 1.69. The predicted molar refractivity (Wildman–Crippen MR) is 49.8 cm³/mol. The summed E-state index contributed by atoms with van der Waals surface area (Å²) in [6.45, 7) is 1.45. The predicted octanol–water partition coefficient (Wildman–Crippen LogP) is 0.283. The Morgan fingerprint density at radius 1 is 1.69 bits per heavy atom. The first-order valence-electron chi connectivity index (χ1n) is 4.44. The first-order chi connectivity index (χ1) is 6.22. The smallest absolute Gasteiger partial charge is 0.321 e. The van der Waals surface area contributed by atoms with Crippen LogP contribution in [0.15, 0.2) is 0 Å². The Morgan fingerprint density at radius 2 is 2.54 bits per heavy atom. The van der Waals surface area contributed by atoms with Crippen LogP contribution >= 0.6 is 11.8 Å². The molecule has 2 N–H and O–H groups in total. The fraction of sp³-hybridized carbons (Fsp3) is 0.875. The van der Waals surface area contributed by atoms with E-state index in [1.165, 1.54) is 0 Å². The summed E-state index contributed by atoms with van der Waals surface area (Å²) in [5.41, 5.74) is 0. The minimum absolute atomic E-state index is 0.110. The highest BCUT2D eigenvalue weighted by molar-refractivity contribution is 8.01. The standard InChI is InChI=1S/C8H13NO3S/c10-7(11)6-4-13-8(9-6)2-1-3-12-5-8/h6,9H,1-5H2,(H,10,11). The normalized spacial score (nSPS) is 39.5. The first-order valence-corrected chi connectivity index (χ1v) is 5.43. The fourth-order valence-electron chi connectivity index (χ4n) is 1.77. The van der Waals surface area contributed by atoms with E-state index in [0.29, 0.717) is 12.4 Å². The lowest BCUT2D eigenvalue weighted by Gasteiger charge is -2.32. The third-order valence-corrected chi connectivity index (χ3v) is 3.96. The van der Waals surface area contributed by atoms with Gasteiger partial charge in [0, 0.05) is 12.4 Å². The van der Waals surface area contributed by atoms with Gasteiger partial charge in [-0.05, 0) is 12.8 Å². The molecule has 0 bridgehead atoms. The van der Waals surface area contributed by atoms with Crippen LogP contribution in [-0.2, 0) is 9.53 Å². The number of thioether (sulfide) groups is 1. The van der Waals surface area contributed by atoms with E-state index in [-0.39, 0.29) is 4.87 Å². The number of carbonyl (C=O) groups is 1. The van der Waals surface area contributed by atoms with Gasteiger partial charge < -0.3 is 9.84 Å². The molecule has 4 nitrogen and oxygen atoms in total. The lowest BCUT2D eigenvalue weighted by Crippen LogP contribution is -2.49. The third-order valence-electron chi connectivity index (χ3n) is 2.47. The van der Waals surface area contributed by atoms with Crippen LogP contribution < -0.4 is 5.32 Å². The zero-order valence-corrected chi connectivity index (χ0v) is 8.10. The van der Waals surface area contributed by atoms with Gasteiger partial charge in [0.15, 0.2) is 0 Å². The van der Waals surface area contributed by atoms with Gasteiger partial charge in [-0.25, -0.2) is 0 Å². The molecule has 2 rings (SSSR count). The highest BCUT2D eigenvalue weighted by Crippen LogP contribution is 2.36. The Balaban J connectivity index is 1.98. The molecule has 0 radical (unpaired) electrons. The molecule has 2 aliphatic heterocycles.